The van der Waals surface area contributed by atoms with Crippen LogP contribution < -0.4 is 5.32 Å². The van der Waals surface area contributed by atoms with Crippen LogP contribution in [-0.4, -0.2) is 17.2 Å². The summed E-state index contributed by atoms with van der Waals surface area (Å²) in [5.74, 6) is 2.04. The molecule has 0 radical (unpaired) electrons. The fourth-order valence-corrected chi connectivity index (χ4v) is 2.69. The van der Waals surface area contributed by atoms with Crippen molar-refractivity contribution in [3.8, 4) is 0 Å². The van der Waals surface area contributed by atoms with Gasteiger partial charge in [0.15, 0.2) is 5.82 Å². The van der Waals surface area contributed by atoms with E-state index in [1.165, 1.54) is 4.90 Å². The zero-order valence-corrected chi connectivity index (χ0v) is 11.7. The molecule has 0 unspecified atom stereocenters. The first-order chi connectivity index (χ1) is 8.29. The highest BCUT2D eigenvalue weighted by molar-refractivity contribution is 9.10. The summed E-state index contributed by atoms with van der Waals surface area (Å²) in [7, 11) is 1.85. The molecule has 4 nitrogen and oxygen atoms in total. The second-order valence-corrected chi connectivity index (χ2v) is 5.23. The van der Waals surface area contributed by atoms with E-state index in [2.05, 4.69) is 37.5 Å². The van der Waals surface area contributed by atoms with E-state index < -0.39 is 0 Å². The summed E-state index contributed by atoms with van der Waals surface area (Å²) in [5, 5.41) is 6.89. The second-order valence-electron chi connectivity index (χ2n) is 3.35. The van der Waals surface area contributed by atoms with Crippen LogP contribution in [0.2, 0.25) is 0 Å². The summed E-state index contributed by atoms with van der Waals surface area (Å²) < 4.78 is 6.16. The summed E-state index contributed by atoms with van der Waals surface area (Å²) in [6.45, 7) is 0.604. The maximum absolute atomic E-state index is 5.08. The summed E-state index contributed by atoms with van der Waals surface area (Å²) in [5.41, 5.74) is 0. The number of nitrogens with zero attached hydrogens (tertiary/aromatic N) is 2. The SMILES string of the molecule is CNCc1nc(CSc2ccccc2Br)no1. The van der Waals surface area contributed by atoms with E-state index in [4.69, 9.17) is 4.52 Å². The lowest BCUT2D eigenvalue weighted by Crippen LogP contribution is -2.05. The predicted octanol–water partition coefficient (Wildman–Crippen LogP) is 2.84. The highest BCUT2D eigenvalue weighted by Crippen LogP contribution is 2.28. The number of rotatable bonds is 5. The Bertz CT molecular complexity index is 489. The molecule has 0 fully saturated rings. The number of nitrogens with one attached hydrogen (secondary N) is 1. The third-order valence-electron chi connectivity index (χ3n) is 2.03. The van der Waals surface area contributed by atoms with E-state index in [-0.39, 0.29) is 0 Å². The van der Waals surface area contributed by atoms with E-state index in [0.29, 0.717) is 18.2 Å². The van der Waals surface area contributed by atoms with Crippen molar-refractivity contribution in [2.24, 2.45) is 0 Å². The Balaban J connectivity index is 1.95. The largest absolute Gasteiger partial charge is 0.338 e. The molecule has 1 aromatic heterocycles. The highest BCUT2D eigenvalue weighted by Gasteiger charge is 2.07. The third kappa shape index (κ3) is 3.55. The molecule has 0 saturated carbocycles. The van der Waals surface area contributed by atoms with Crippen molar-refractivity contribution in [2.45, 2.75) is 17.2 Å². The van der Waals surface area contributed by atoms with Crippen molar-refractivity contribution in [3.63, 3.8) is 0 Å². The van der Waals surface area contributed by atoms with Crippen molar-refractivity contribution in [1.29, 1.82) is 0 Å². The molecule has 17 heavy (non-hydrogen) atoms. The number of hydrogen-bond acceptors (Lipinski definition) is 5. The van der Waals surface area contributed by atoms with E-state index in [1.807, 2.05) is 25.2 Å². The minimum atomic E-state index is 0.604. The first-order valence-electron chi connectivity index (χ1n) is 5.13. The van der Waals surface area contributed by atoms with Gasteiger partial charge in [0.05, 0.1) is 12.3 Å². The monoisotopic (exact) mass is 313 g/mol. The molecule has 0 aliphatic rings. The van der Waals surface area contributed by atoms with Crippen molar-refractivity contribution < 1.29 is 4.52 Å². The van der Waals surface area contributed by atoms with Gasteiger partial charge in [-0.3, -0.25) is 0 Å². The van der Waals surface area contributed by atoms with Gasteiger partial charge in [0.2, 0.25) is 5.89 Å². The van der Waals surface area contributed by atoms with E-state index in [0.717, 1.165) is 10.3 Å². The molecule has 0 aliphatic carbocycles. The number of hydrogen-bond donors (Lipinski definition) is 1. The second kappa shape index (κ2) is 6.18. The Morgan fingerprint density at radius 3 is 3.00 bits per heavy atom. The lowest BCUT2D eigenvalue weighted by molar-refractivity contribution is 0.368. The van der Waals surface area contributed by atoms with Gasteiger partial charge in [0, 0.05) is 9.37 Å². The summed E-state index contributed by atoms with van der Waals surface area (Å²) in [6.07, 6.45) is 0. The summed E-state index contributed by atoms with van der Waals surface area (Å²) >= 11 is 5.18. The highest BCUT2D eigenvalue weighted by atomic mass is 79.9. The van der Waals surface area contributed by atoms with Gasteiger partial charge in [-0.2, -0.15) is 4.98 Å². The van der Waals surface area contributed by atoms with Gasteiger partial charge < -0.3 is 9.84 Å². The van der Waals surface area contributed by atoms with E-state index in [9.17, 15) is 0 Å². The molecule has 0 saturated heterocycles. The number of thioether (sulfide) groups is 1. The molecule has 1 N–H and O–H groups in total. The van der Waals surface area contributed by atoms with Crippen LogP contribution in [0, 0.1) is 0 Å². The smallest absolute Gasteiger partial charge is 0.240 e. The molecular formula is C11H12BrN3OS. The maximum Gasteiger partial charge on any atom is 0.240 e. The van der Waals surface area contributed by atoms with Gasteiger partial charge >= 0.3 is 0 Å². The molecule has 6 heteroatoms. The molecule has 0 spiro atoms. The van der Waals surface area contributed by atoms with Gasteiger partial charge in [0.25, 0.3) is 0 Å². The van der Waals surface area contributed by atoms with Crippen molar-refractivity contribution in [1.82, 2.24) is 15.5 Å². The first kappa shape index (κ1) is 12.6. The predicted molar refractivity (Wildman–Crippen MR) is 70.8 cm³/mol. The molecule has 2 aromatic rings. The molecule has 0 bridgehead atoms. The zero-order chi connectivity index (χ0) is 12.1. The lowest BCUT2D eigenvalue weighted by atomic mass is 10.4. The Morgan fingerprint density at radius 2 is 2.24 bits per heavy atom. The van der Waals surface area contributed by atoms with Crippen molar-refractivity contribution in [3.05, 3.63) is 40.5 Å². The summed E-state index contributed by atoms with van der Waals surface area (Å²) in [6, 6.07) is 8.08. The fraction of sp³-hybridized carbons (Fsp3) is 0.273. The molecule has 0 atom stereocenters. The molecule has 0 aliphatic heterocycles. The Kier molecular flexibility index (Phi) is 4.58. The average molecular weight is 314 g/mol. The van der Waals surface area contributed by atoms with Crippen LogP contribution in [0.3, 0.4) is 0 Å². The zero-order valence-electron chi connectivity index (χ0n) is 9.31. The molecule has 90 valence electrons. The van der Waals surface area contributed by atoms with Crippen LogP contribution in [0.4, 0.5) is 0 Å². The third-order valence-corrected chi connectivity index (χ3v) is 4.06. The molecular weight excluding hydrogens is 302 g/mol. The minimum Gasteiger partial charge on any atom is -0.338 e. The lowest BCUT2D eigenvalue weighted by Gasteiger charge is -2.00. The van der Waals surface area contributed by atoms with Crippen molar-refractivity contribution >= 4 is 27.7 Å². The van der Waals surface area contributed by atoms with Gasteiger partial charge in [-0.1, -0.05) is 17.3 Å². The van der Waals surface area contributed by atoms with E-state index in [1.54, 1.807) is 11.8 Å². The van der Waals surface area contributed by atoms with Crippen LogP contribution >= 0.6 is 27.7 Å². The Labute approximate surface area is 112 Å². The molecule has 2 rings (SSSR count). The van der Waals surface area contributed by atoms with Gasteiger partial charge in [-0.05, 0) is 35.1 Å². The average Bonchev–Trinajstić information content (AvgIpc) is 2.76. The Hall–Kier alpha value is -0.850. The first-order valence-corrected chi connectivity index (χ1v) is 6.91. The van der Waals surface area contributed by atoms with Crippen LogP contribution in [0.15, 0.2) is 38.2 Å². The normalized spacial score (nSPS) is 10.7. The quantitative estimate of drug-likeness (QED) is 0.860. The molecule has 1 aromatic carbocycles. The fourth-order valence-electron chi connectivity index (χ4n) is 1.28. The Morgan fingerprint density at radius 1 is 1.41 bits per heavy atom. The maximum atomic E-state index is 5.08. The van der Waals surface area contributed by atoms with Crippen LogP contribution in [0.1, 0.15) is 11.7 Å². The standard InChI is InChI=1S/C11H12BrN3OS/c1-13-6-11-14-10(15-16-11)7-17-9-5-3-2-4-8(9)12/h2-5,13H,6-7H2,1H3. The van der Waals surface area contributed by atoms with Gasteiger partial charge in [-0.15, -0.1) is 11.8 Å². The summed E-state index contributed by atoms with van der Waals surface area (Å²) in [4.78, 5) is 5.44. The molecule has 0 amide bonds. The number of halogens is 1. The molecule has 1 heterocycles. The van der Waals surface area contributed by atoms with Gasteiger partial charge in [-0.25, -0.2) is 0 Å². The number of benzene rings is 1. The van der Waals surface area contributed by atoms with E-state index >= 15 is 0 Å². The van der Waals surface area contributed by atoms with Crippen molar-refractivity contribution in [2.75, 3.05) is 7.05 Å². The topological polar surface area (TPSA) is 51.0 Å². The van der Waals surface area contributed by atoms with Crippen LogP contribution in [0.25, 0.3) is 0 Å². The van der Waals surface area contributed by atoms with Crippen LogP contribution in [-0.2, 0) is 12.3 Å². The van der Waals surface area contributed by atoms with Gasteiger partial charge in [0.1, 0.15) is 0 Å². The van der Waals surface area contributed by atoms with Crippen LogP contribution in [0.5, 0.6) is 0 Å². The number of aromatic nitrogens is 2. The minimum absolute atomic E-state index is 0.604.